The third-order valence-electron chi connectivity index (χ3n) is 6.18. The second-order valence-corrected chi connectivity index (χ2v) is 10.0. The lowest BCUT2D eigenvalue weighted by Gasteiger charge is -2.39. The number of hydrogen-bond acceptors (Lipinski definition) is 5. The second kappa shape index (κ2) is 10.0. The Hall–Kier alpha value is -3.09. The van der Waals surface area contributed by atoms with Crippen LogP contribution in [0.25, 0.3) is 11.1 Å². The molecule has 0 N–H and O–H groups in total. The van der Waals surface area contributed by atoms with E-state index in [1.165, 1.54) is 0 Å². The van der Waals surface area contributed by atoms with E-state index in [2.05, 4.69) is 9.88 Å². The van der Waals surface area contributed by atoms with E-state index >= 15 is 0 Å². The molecule has 0 spiro atoms. The summed E-state index contributed by atoms with van der Waals surface area (Å²) in [6, 6.07) is 12.0. The molecule has 7 nitrogen and oxygen atoms in total. The SMILES string of the molecule is CCOc1ccc(-c2ccc(C(=O)N(C3CC3)C3CCN(C(=O)OC(C)(C)C)CC3)cc2)cn1. The number of piperidine rings is 1. The Balaban J connectivity index is 1.40. The summed E-state index contributed by atoms with van der Waals surface area (Å²) in [5.41, 5.74) is 2.19. The molecule has 34 heavy (non-hydrogen) atoms. The highest BCUT2D eigenvalue weighted by Crippen LogP contribution is 2.34. The lowest BCUT2D eigenvalue weighted by molar-refractivity contribution is 0.0142. The lowest BCUT2D eigenvalue weighted by Crippen LogP contribution is -2.50. The average molecular weight is 466 g/mol. The van der Waals surface area contributed by atoms with Crippen molar-refractivity contribution in [1.82, 2.24) is 14.8 Å². The van der Waals surface area contributed by atoms with Crippen molar-refractivity contribution in [1.29, 1.82) is 0 Å². The van der Waals surface area contributed by atoms with E-state index in [0.717, 1.165) is 36.8 Å². The van der Waals surface area contributed by atoms with Crippen LogP contribution in [0.15, 0.2) is 42.6 Å². The predicted molar refractivity (Wildman–Crippen MR) is 131 cm³/mol. The van der Waals surface area contributed by atoms with Gasteiger partial charge in [0.25, 0.3) is 5.91 Å². The quantitative estimate of drug-likeness (QED) is 0.590. The maximum absolute atomic E-state index is 13.5. The summed E-state index contributed by atoms with van der Waals surface area (Å²) < 4.78 is 10.9. The largest absolute Gasteiger partial charge is 0.478 e. The van der Waals surface area contributed by atoms with E-state index in [1.54, 1.807) is 11.1 Å². The normalized spacial score (nSPS) is 16.8. The standard InChI is InChI=1S/C27H35N3O4/c1-5-33-24-13-10-21(18-28-24)19-6-8-20(9-7-19)25(31)30(22-11-12-22)23-14-16-29(17-15-23)26(32)34-27(2,3)4/h6-10,13,18,22-23H,5,11-12,14-17H2,1-4H3. The Morgan fingerprint density at radius 2 is 1.59 bits per heavy atom. The molecule has 0 radical (unpaired) electrons. The van der Waals surface area contributed by atoms with Crippen molar-refractivity contribution in [3.05, 3.63) is 48.2 Å². The molecule has 1 aromatic carbocycles. The molecule has 2 aliphatic rings. The molecule has 4 rings (SSSR count). The van der Waals surface area contributed by atoms with Crippen LogP contribution in [0.3, 0.4) is 0 Å². The smallest absolute Gasteiger partial charge is 0.410 e. The third-order valence-corrected chi connectivity index (χ3v) is 6.18. The Morgan fingerprint density at radius 3 is 2.12 bits per heavy atom. The van der Waals surface area contributed by atoms with Crippen LogP contribution in [0.4, 0.5) is 4.79 Å². The van der Waals surface area contributed by atoms with Crippen molar-refractivity contribution in [2.24, 2.45) is 0 Å². The summed E-state index contributed by atoms with van der Waals surface area (Å²) >= 11 is 0. The fraction of sp³-hybridized carbons (Fsp3) is 0.519. The average Bonchev–Trinajstić information content (AvgIpc) is 3.64. The number of carbonyl (C=O) groups excluding carboxylic acids is 2. The third kappa shape index (κ3) is 5.88. The predicted octanol–water partition coefficient (Wildman–Crippen LogP) is 5.15. The lowest BCUT2D eigenvalue weighted by atomic mass is 10.0. The van der Waals surface area contributed by atoms with Gasteiger partial charge in [0.15, 0.2) is 0 Å². The van der Waals surface area contributed by atoms with Crippen molar-refractivity contribution in [2.45, 2.75) is 71.1 Å². The maximum Gasteiger partial charge on any atom is 0.410 e. The zero-order valence-electron chi connectivity index (χ0n) is 20.6. The maximum atomic E-state index is 13.5. The number of aromatic nitrogens is 1. The topological polar surface area (TPSA) is 72.0 Å². The number of nitrogens with zero attached hydrogens (tertiary/aromatic N) is 3. The van der Waals surface area contributed by atoms with Crippen molar-refractivity contribution in [2.75, 3.05) is 19.7 Å². The van der Waals surface area contributed by atoms with Crippen LogP contribution >= 0.6 is 0 Å². The minimum atomic E-state index is -0.502. The van der Waals surface area contributed by atoms with Gasteiger partial charge in [0.1, 0.15) is 5.60 Å². The first-order valence-electron chi connectivity index (χ1n) is 12.2. The molecule has 7 heteroatoms. The summed E-state index contributed by atoms with van der Waals surface area (Å²) in [4.78, 5) is 34.0. The Bertz CT molecular complexity index is 986. The van der Waals surface area contributed by atoms with E-state index < -0.39 is 5.60 Å². The fourth-order valence-corrected chi connectivity index (χ4v) is 4.37. The summed E-state index contributed by atoms with van der Waals surface area (Å²) in [6.45, 7) is 9.37. The molecule has 2 heterocycles. The number of rotatable bonds is 6. The molecule has 182 valence electrons. The van der Waals surface area contributed by atoms with Gasteiger partial charge < -0.3 is 19.3 Å². The van der Waals surface area contributed by atoms with Crippen LogP contribution in [-0.4, -0.2) is 64.2 Å². The van der Waals surface area contributed by atoms with Gasteiger partial charge in [-0.2, -0.15) is 0 Å². The van der Waals surface area contributed by atoms with Crippen molar-refractivity contribution in [3.63, 3.8) is 0 Å². The van der Waals surface area contributed by atoms with Crippen LogP contribution in [-0.2, 0) is 4.74 Å². The van der Waals surface area contributed by atoms with E-state index in [0.29, 0.717) is 37.2 Å². The van der Waals surface area contributed by atoms with Gasteiger partial charge in [-0.05, 0) is 77.1 Å². The number of hydrogen-bond donors (Lipinski definition) is 0. The minimum absolute atomic E-state index is 0.0783. The minimum Gasteiger partial charge on any atom is -0.478 e. The molecule has 2 amide bonds. The van der Waals surface area contributed by atoms with Crippen LogP contribution in [0.2, 0.25) is 0 Å². The molecule has 1 aromatic heterocycles. The van der Waals surface area contributed by atoms with E-state index in [9.17, 15) is 9.59 Å². The number of carbonyl (C=O) groups is 2. The van der Waals surface area contributed by atoms with Gasteiger partial charge in [0, 0.05) is 48.6 Å². The zero-order valence-corrected chi connectivity index (χ0v) is 20.6. The van der Waals surface area contributed by atoms with Gasteiger partial charge in [-0.1, -0.05) is 12.1 Å². The number of benzene rings is 1. The zero-order chi connectivity index (χ0) is 24.3. The molecular formula is C27H35N3O4. The first-order valence-corrected chi connectivity index (χ1v) is 12.2. The number of ether oxygens (including phenoxy) is 2. The molecule has 0 atom stereocenters. The number of pyridine rings is 1. The van der Waals surface area contributed by atoms with Gasteiger partial charge in [0.2, 0.25) is 5.88 Å². The first kappa shape index (κ1) is 24.0. The van der Waals surface area contributed by atoms with Crippen molar-refractivity contribution in [3.8, 4) is 17.0 Å². The van der Waals surface area contributed by atoms with Gasteiger partial charge in [0.05, 0.1) is 6.61 Å². The van der Waals surface area contributed by atoms with Crippen LogP contribution in [0, 0.1) is 0 Å². The fourth-order valence-electron chi connectivity index (χ4n) is 4.37. The summed E-state index contributed by atoms with van der Waals surface area (Å²) in [5.74, 6) is 0.686. The van der Waals surface area contributed by atoms with Crippen molar-refractivity contribution < 1.29 is 19.1 Å². The molecule has 2 aromatic rings. The van der Waals surface area contributed by atoms with Crippen molar-refractivity contribution >= 4 is 12.0 Å². The monoisotopic (exact) mass is 465 g/mol. The molecule has 1 aliphatic heterocycles. The second-order valence-electron chi connectivity index (χ2n) is 10.0. The molecule has 2 fully saturated rings. The Morgan fingerprint density at radius 1 is 0.971 bits per heavy atom. The summed E-state index contributed by atoms with van der Waals surface area (Å²) in [5, 5.41) is 0. The highest BCUT2D eigenvalue weighted by molar-refractivity contribution is 5.95. The van der Waals surface area contributed by atoms with Crippen LogP contribution in [0.1, 0.15) is 63.7 Å². The van der Waals surface area contributed by atoms with E-state index in [1.807, 2.05) is 64.1 Å². The van der Waals surface area contributed by atoms with Crippen LogP contribution in [0.5, 0.6) is 5.88 Å². The Kier molecular flexibility index (Phi) is 7.10. The van der Waals surface area contributed by atoms with Crippen LogP contribution < -0.4 is 4.74 Å². The molecular weight excluding hydrogens is 430 g/mol. The van der Waals surface area contributed by atoms with Gasteiger partial charge in [-0.25, -0.2) is 9.78 Å². The highest BCUT2D eigenvalue weighted by Gasteiger charge is 2.39. The van der Waals surface area contributed by atoms with E-state index in [4.69, 9.17) is 9.47 Å². The highest BCUT2D eigenvalue weighted by atomic mass is 16.6. The summed E-state index contributed by atoms with van der Waals surface area (Å²) in [6.07, 6.45) is 5.17. The molecule has 1 saturated carbocycles. The van der Waals surface area contributed by atoms with Gasteiger partial charge >= 0.3 is 6.09 Å². The molecule has 0 bridgehead atoms. The Labute approximate surface area is 202 Å². The molecule has 1 saturated heterocycles. The molecule has 1 aliphatic carbocycles. The number of amides is 2. The summed E-state index contributed by atoms with van der Waals surface area (Å²) in [7, 11) is 0. The number of likely N-dealkylation sites (tertiary alicyclic amines) is 1. The van der Waals surface area contributed by atoms with E-state index in [-0.39, 0.29) is 18.0 Å². The van der Waals surface area contributed by atoms with Gasteiger partial charge in [-0.3, -0.25) is 4.79 Å². The van der Waals surface area contributed by atoms with Gasteiger partial charge in [-0.15, -0.1) is 0 Å². The first-order chi connectivity index (χ1) is 16.2. The molecule has 0 unspecified atom stereocenters.